The van der Waals surface area contributed by atoms with Crippen LogP contribution in [0.25, 0.3) is 11.3 Å². The molecule has 0 bridgehead atoms. The van der Waals surface area contributed by atoms with Crippen LogP contribution in [0.3, 0.4) is 0 Å². The third kappa shape index (κ3) is 1.68. The second kappa shape index (κ2) is 3.34. The lowest BCUT2D eigenvalue weighted by molar-refractivity contribution is 0.509. The van der Waals surface area contributed by atoms with Crippen molar-refractivity contribution in [1.82, 2.24) is 9.78 Å². The molecule has 1 aromatic heterocycles. The van der Waals surface area contributed by atoms with Crippen molar-refractivity contribution in [2.24, 2.45) is 7.05 Å². The van der Waals surface area contributed by atoms with Crippen LogP contribution in [0.5, 0.6) is 0 Å². The van der Waals surface area contributed by atoms with E-state index in [1.54, 1.807) is 13.1 Å². The van der Waals surface area contributed by atoms with Crippen molar-refractivity contribution in [3.05, 3.63) is 35.9 Å². The van der Waals surface area contributed by atoms with E-state index in [-0.39, 0.29) is 0 Å². The minimum atomic E-state index is -0.892. The summed E-state index contributed by atoms with van der Waals surface area (Å²) in [4.78, 5) is 0. The van der Waals surface area contributed by atoms with Crippen molar-refractivity contribution in [3.63, 3.8) is 0 Å². The minimum absolute atomic E-state index is 0.467. The van der Waals surface area contributed by atoms with Gasteiger partial charge < -0.3 is 5.73 Å². The van der Waals surface area contributed by atoms with Crippen molar-refractivity contribution in [2.45, 2.75) is 0 Å². The van der Waals surface area contributed by atoms with Crippen molar-refractivity contribution < 1.29 is 8.78 Å². The zero-order chi connectivity index (χ0) is 11.0. The smallest absolute Gasteiger partial charge is 0.159 e. The predicted molar refractivity (Wildman–Crippen MR) is 53.0 cm³/mol. The highest BCUT2D eigenvalue weighted by molar-refractivity contribution is 5.62. The average Bonchev–Trinajstić information content (AvgIpc) is 2.52. The van der Waals surface area contributed by atoms with Crippen molar-refractivity contribution in [2.75, 3.05) is 5.73 Å². The second-order valence-corrected chi connectivity index (χ2v) is 3.21. The third-order valence-electron chi connectivity index (χ3n) is 2.13. The molecule has 0 atom stereocenters. The number of benzene rings is 1. The number of rotatable bonds is 1. The van der Waals surface area contributed by atoms with Crippen LogP contribution in [0.1, 0.15) is 0 Å². The number of anilines is 1. The van der Waals surface area contributed by atoms with Crippen LogP contribution in [0.15, 0.2) is 24.3 Å². The number of nitrogen functional groups attached to an aromatic ring is 1. The normalized spacial score (nSPS) is 10.6. The Morgan fingerprint density at radius 3 is 2.47 bits per heavy atom. The maximum absolute atomic E-state index is 12.9. The van der Waals surface area contributed by atoms with E-state index in [1.165, 1.54) is 10.7 Å². The quantitative estimate of drug-likeness (QED) is 0.780. The molecule has 0 aliphatic heterocycles. The first-order valence-corrected chi connectivity index (χ1v) is 4.33. The maximum Gasteiger partial charge on any atom is 0.159 e. The zero-order valence-corrected chi connectivity index (χ0v) is 8.04. The Labute approximate surface area is 85.1 Å². The largest absolute Gasteiger partial charge is 0.384 e. The van der Waals surface area contributed by atoms with E-state index >= 15 is 0 Å². The van der Waals surface area contributed by atoms with Crippen LogP contribution in [0.2, 0.25) is 0 Å². The molecule has 0 fully saturated rings. The van der Waals surface area contributed by atoms with E-state index in [1.807, 2.05) is 0 Å². The topological polar surface area (TPSA) is 43.8 Å². The Morgan fingerprint density at radius 2 is 1.93 bits per heavy atom. The summed E-state index contributed by atoms with van der Waals surface area (Å²) in [6, 6.07) is 5.22. The molecular formula is C10H9F2N3. The lowest BCUT2D eigenvalue weighted by atomic mass is 10.1. The molecule has 5 heteroatoms. The Hall–Kier alpha value is -1.91. The molecule has 0 aliphatic rings. The second-order valence-electron chi connectivity index (χ2n) is 3.21. The van der Waals surface area contributed by atoms with Gasteiger partial charge in [-0.3, -0.25) is 4.68 Å². The molecule has 0 spiro atoms. The van der Waals surface area contributed by atoms with E-state index in [2.05, 4.69) is 5.10 Å². The summed E-state index contributed by atoms with van der Waals surface area (Å²) in [5.41, 5.74) is 6.60. The van der Waals surface area contributed by atoms with Crippen LogP contribution >= 0.6 is 0 Å². The van der Waals surface area contributed by atoms with Gasteiger partial charge in [0.25, 0.3) is 0 Å². The molecule has 15 heavy (non-hydrogen) atoms. The third-order valence-corrected chi connectivity index (χ3v) is 2.13. The van der Waals surface area contributed by atoms with Gasteiger partial charge in [-0.05, 0) is 18.2 Å². The van der Waals surface area contributed by atoms with Gasteiger partial charge in [-0.2, -0.15) is 5.10 Å². The van der Waals surface area contributed by atoms with Crippen molar-refractivity contribution in [3.8, 4) is 11.3 Å². The van der Waals surface area contributed by atoms with Crippen LogP contribution in [-0.2, 0) is 7.05 Å². The summed E-state index contributed by atoms with van der Waals surface area (Å²) in [6.45, 7) is 0. The molecule has 0 saturated carbocycles. The van der Waals surface area contributed by atoms with E-state index in [4.69, 9.17) is 5.73 Å². The monoisotopic (exact) mass is 209 g/mol. The Kier molecular flexibility index (Phi) is 2.15. The summed E-state index contributed by atoms with van der Waals surface area (Å²) in [6.07, 6.45) is 0. The standard InChI is InChI=1S/C10H9F2N3/c1-15-10(13)5-9(14-15)6-2-3-7(11)8(12)4-6/h2-5H,13H2,1H3. The lowest BCUT2D eigenvalue weighted by Crippen LogP contribution is -1.96. The predicted octanol–water partition coefficient (Wildman–Crippen LogP) is 1.95. The van der Waals surface area contributed by atoms with Gasteiger partial charge in [-0.15, -0.1) is 0 Å². The Morgan fingerprint density at radius 1 is 1.20 bits per heavy atom. The molecule has 78 valence electrons. The molecule has 0 aliphatic carbocycles. The highest BCUT2D eigenvalue weighted by Crippen LogP contribution is 2.21. The summed E-state index contributed by atoms with van der Waals surface area (Å²) in [5.74, 6) is -1.30. The van der Waals surface area contributed by atoms with E-state index in [0.29, 0.717) is 17.1 Å². The number of aromatic nitrogens is 2. The molecule has 0 radical (unpaired) electrons. The number of aryl methyl sites for hydroxylation is 1. The fourth-order valence-electron chi connectivity index (χ4n) is 1.28. The fraction of sp³-hybridized carbons (Fsp3) is 0.100. The van der Waals surface area contributed by atoms with Gasteiger partial charge in [-0.25, -0.2) is 8.78 Å². The molecule has 3 nitrogen and oxygen atoms in total. The molecule has 0 amide bonds. The fourth-order valence-corrected chi connectivity index (χ4v) is 1.28. The highest BCUT2D eigenvalue weighted by atomic mass is 19.2. The maximum atomic E-state index is 12.9. The first-order valence-electron chi connectivity index (χ1n) is 4.33. The van der Waals surface area contributed by atoms with Gasteiger partial charge in [0.2, 0.25) is 0 Å². The van der Waals surface area contributed by atoms with Crippen LogP contribution in [-0.4, -0.2) is 9.78 Å². The van der Waals surface area contributed by atoms with E-state index in [0.717, 1.165) is 12.1 Å². The number of nitrogens with zero attached hydrogens (tertiary/aromatic N) is 2. The molecule has 2 rings (SSSR count). The van der Waals surface area contributed by atoms with Crippen LogP contribution < -0.4 is 5.73 Å². The minimum Gasteiger partial charge on any atom is -0.384 e. The SMILES string of the molecule is Cn1nc(-c2ccc(F)c(F)c2)cc1N. The lowest BCUT2D eigenvalue weighted by Gasteiger charge is -1.97. The van der Waals surface area contributed by atoms with Gasteiger partial charge in [-0.1, -0.05) is 0 Å². The van der Waals surface area contributed by atoms with Gasteiger partial charge in [0, 0.05) is 18.7 Å². The Bertz CT molecular complexity index is 486. The summed E-state index contributed by atoms with van der Waals surface area (Å²) < 4.78 is 27.1. The summed E-state index contributed by atoms with van der Waals surface area (Å²) >= 11 is 0. The molecule has 1 aromatic carbocycles. The summed E-state index contributed by atoms with van der Waals surface area (Å²) in [5, 5.41) is 4.05. The zero-order valence-electron chi connectivity index (χ0n) is 8.04. The molecule has 1 heterocycles. The van der Waals surface area contributed by atoms with Crippen LogP contribution in [0.4, 0.5) is 14.6 Å². The number of hydrogen-bond donors (Lipinski definition) is 1. The molecule has 0 unspecified atom stereocenters. The first-order chi connectivity index (χ1) is 7.08. The van der Waals surface area contributed by atoms with Gasteiger partial charge >= 0.3 is 0 Å². The van der Waals surface area contributed by atoms with Gasteiger partial charge in [0.15, 0.2) is 11.6 Å². The van der Waals surface area contributed by atoms with Crippen molar-refractivity contribution in [1.29, 1.82) is 0 Å². The molecule has 0 saturated heterocycles. The van der Waals surface area contributed by atoms with Gasteiger partial charge in [0.1, 0.15) is 5.82 Å². The van der Waals surface area contributed by atoms with Gasteiger partial charge in [0.05, 0.1) is 5.69 Å². The highest BCUT2D eigenvalue weighted by Gasteiger charge is 2.08. The molecular weight excluding hydrogens is 200 g/mol. The molecule has 2 aromatic rings. The van der Waals surface area contributed by atoms with Crippen LogP contribution in [0, 0.1) is 11.6 Å². The molecule has 2 N–H and O–H groups in total. The number of hydrogen-bond acceptors (Lipinski definition) is 2. The summed E-state index contributed by atoms with van der Waals surface area (Å²) in [7, 11) is 1.68. The number of nitrogens with two attached hydrogens (primary N) is 1. The Balaban J connectivity index is 2.49. The average molecular weight is 209 g/mol. The van der Waals surface area contributed by atoms with Crippen molar-refractivity contribution >= 4 is 5.82 Å². The number of halogens is 2. The van der Waals surface area contributed by atoms with E-state index in [9.17, 15) is 8.78 Å². The first kappa shape index (κ1) is 9.64. The van der Waals surface area contributed by atoms with E-state index < -0.39 is 11.6 Å².